The minimum atomic E-state index is -4.76. The van der Waals surface area contributed by atoms with Crippen molar-refractivity contribution in [3.8, 4) is 11.8 Å². The molecule has 20 heavy (non-hydrogen) atoms. The van der Waals surface area contributed by atoms with Crippen LogP contribution in [0.1, 0.15) is 12.5 Å². The second kappa shape index (κ2) is 6.61. The number of carbonyl (C=O) groups excluding carboxylic acids is 1. The number of rotatable bonds is 4. The van der Waals surface area contributed by atoms with Crippen LogP contribution in [0.3, 0.4) is 0 Å². The molecule has 1 aromatic rings. The Kier molecular flexibility index (Phi) is 5.15. The Morgan fingerprint density at radius 2 is 1.95 bits per heavy atom. The number of nitrogens with zero attached hydrogens (tertiary/aromatic N) is 1. The van der Waals surface area contributed by atoms with Crippen LogP contribution in [0.15, 0.2) is 29.8 Å². The Morgan fingerprint density at radius 3 is 2.40 bits per heavy atom. The normalized spacial score (nSPS) is 11.7. The number of benzene rings is 1. The maximum atomic E-state index is 12.0. The molecular weight excluding hydrogens is 275 g/mol. The van der Waals surface area contributed by atoms with Crippen molar-refractivity contribution >= 4 is 12.0 Å². The van der Waals surface area contributed by atoms with Crippen LogP contribution in [0.5, 0.6) is 5.75 Å². The predicted molar refractivity (Wildman–Crippen MR) is 63.3 cm³/mol. The van der Waals surface area contributed by atoms with E-state index < -0.39 is 12.3 Å². The average Bonchev–Trinajstić information content (AvgIpc) is 2.36. The molecular formula is C13H10F3NO3. The molecule has 0 bridgehead atoms. The van der Waals surface area contributed by atoms with Crippen LogP contribution in [0.2, 0.25) is 0 Å². The molecule has 0 N–H and O–H groups in total. The number of esters is 1. The van der Waals surface area contributed by atoms with E-state index in [9.17, 15) is 18.0 Å². The third kappa shape index (κ3) is 5.02. The highest BCUT2D eigenvalue weighted by Crippen LogP contribution is 2.23. The minimum Gasteiger partial charge on any atom is -0.462 e. The second-order valence-corrected chi connectivity index (χ2v) is 3.51. The van der Waals surface area contributed by atoms with Gasteiger partial charge >= 0.3 is 12.3 Å². The fraction of sp³-hybridized carbons (Fsp3) is 0.231. The summed E-state index contributed by atoms with van der Waals surface area (Å²) in [5, 5.41) is 8.80. The van der Waals surface area contributed by atoms with Gasteiger partial charge in [-0.1, -0.05) is 12.1 Å². The van der Waals surface area contributed by atoms with E-state index in [1.54, 1.807) is 13.0 Å². The molecule has 0 aliphatic heterocycles. The first-order valence-corrected chi connectivity index (χ1v) is 5.50. The number of nitriles is 1. The first kappa shape index (κ1) is 15.6. The van der Waals surface area contributed by atoms with E-state index in [0.29, 0.717) is 5.56 Å². The summed E-state index contributed by atoms with van der Waals surface area (Å²) in [5.41, 5.74) is 0.139. The molecule has 0 spiro atoms. The van der Waals surface area contributed by atoms with Crippen molar-refractivity contribution < 1.29 is 27.4 Å². The summed E-state index contributed by atoms with van der Waals surface area (Å²) in [6.07, 6.45) is -3.55. The molecule has 0 amide bonds. The summed E-state index contributed by atoms with van der Waals surface area (Å²) in [7, 11) is 0. The van der Waals surface area contributed by atoms with E-state index in [4.69, 9.17) is 5.26 Å². The van der Waals surface area contributed by atoms with E-state index >= 15 is 0 Å². The van der Waals surface area contributed by atoms with Gasteiger partial charge in [0.05, 0.1) is 6.61 Å². The van der Waals surface area contributed by atoms with Gasteiger partial charge in [0.15, 0.2) is 0 Å². The molecule has 0 aromatic heterocycles. The van der Waals surface area contributed by atoms with Crippen LogP contribution in [0.4, 0.5) is 13.2 Å². The van der Waals surface area contributed by atoms with Gasteiger partial charge in [-0.15, -0.1) is 13.2 Å². The highest BCUT2D eigenvalue weighted by molar-refractivity contribution is 5.97. The Balaban J connectivity index is 2.88. The lowest BCUT2D eigenvalue weighted by Crippen LogP contribution is -2.16. The first-order chi connectivity index (χ1) is 9.35. The van der Waals surface area contributed by atoms with Gasteiger partial charge in [-0.2, -0.15) is 5.26 Å². The molecule has 0 fully saturated rings. The molecule has 0 heterocycles. The average molecular weight is 285 g/mol. The number of hydrogen-bond acceptors (Lipinski definition) is 4. The van der Waals surface area contributed by atoms with Crippen molar-refractivity contribution in [3.05, 3.63) is 35.4 Å². The second-order valence-electron chi connectivity index (χ2n) is 3.51. The molecule has 0 aliphatic rings. The van der Waals surface area contributed by atoms with Crippen LogP contribution >= 0.6 is 0 Å². The largest absolute Gasteiger partial charge is 0.573 e. The van der Waals surface area contributed by atoms with Gasteiger partial charge in [-0.05, 0) is 30.7 Å². The number of hydrogen-bond donors (Lipinski definition) is 0. The van der Waals surface area contributed by atoms with Crippen molar-refractivity contribution in [2.24, 2.45) is 0 Å². The topological polar surface area (TPSA) is 59.3 Å². The van der Waals surface area contributed by atoms with Crippen LogP contribution in [-0.2, 0) is 9.53 Å². The Bertz CT molecular complexity index is 541. The molecule has 0 unspecified atom stereocenters. The predicted octanol–water partition coefficient (Wildman–Crippen LogP) is 3.06. The van der Waals surface area contributed by atoms with Crippen LogP contribution < -0.4 is 4.74 Å². The quantitative estimate of drug-likeness (QED) is 0.484. The Labute approximate surface area is 113 Å². The third-order valence-corrected chi connectivity index (χ3v) is 2.04. The SMILES string of the molecule is CCOC(=O)C(C#N)=Cc1ccc(OC(F)(F)F)cc1. The molecule has 0 atom stereocenters. The summed E-state index contributed by atoms with van der Waals surface area (Å²) in [5.74, 6) is -1.17. The van der Waals surface area contributed by atoms with Crippen LogP contribution in [0.25, 0.3) is 6.08 Å². The highest BCUT2D eigenvalue weighted by Gasteiger charge is 2.30. The number of ether oxygens (including phenoxy) is 2. The standard InChI is InChI=1S/C13H10F3NO3/c1-2-19-12(18)10(8-17)7-9-3-5-11(6-4-9)20-13(14,15)16/h3-7H,2H2,1H3. The van der Waals surface area contributed by atoms with E-state index in [-0.39, 0.29) is 17.9 Å². The molecule has 4 nitrogen and oxygen atoms in total. The van der Waals surface area contributed by atoms with E-state index in [1.165, 1.54) is 18.2 Å². The summed E-state index contributed by atoms with van der Waals surface area (Å²) in [4.78, 5) is 11.3. The fourth-order valence-electron chi connectivity index (χ4n) is 1.28. The van der Waals surface area contributed by atoms with Crippen LogP contribution in [-0.4, -0.2) is 18.9 Å². The molecule has 7 heteroatoms. The first-order valence-electron chi connectivity index (χ1n) is 5.50. The van der Waals surface area contributed by atoms with Crippen molar-refractivity contribution in [3.63, 3.8) is 0 Å². The number of carbonyl (C=O) groups is 1. The molecule has 0 saturated carbocycles. The lowest BCUT2D eigenvalue weighted by Gasteiger charge is -2.08. The fourth-order valence-corrected chi connectivity index (χ4v) is 1.28. The summed E-state index contributed by atoms with van der Waals surface area (Å²) in [6.45, 7) is 1.71. The van der Waals surface area contributed by atoms with Gasteiger partial charge in [-0.3, -0.25) is 0 Å². The van der Waals surface area contributed by atoms with Gasteiger partial charge in [-0.25, -0.2) is 4.79 Å². The summed E-state index contributed by atoms with van der Waals surface area (Å²) in [6, 6.07) is 6.41. The van der Waals surface area contributed by atoms with Crippen molar-refractivity contribution in [2.75, 3.05) is 6.61 Å². The highest BCUT2D eigenvalue weighted by atomic mass is 19.4. The number of alkyl halides is 3. The van der Waals surface area contributed by atoms with E-state index in [1.807, 2.05) is 0 Å². The zero-order valence-corrected chi connectivity index (χ0v) is 10.4. The summed E-state index contributed by atoms with van der Waals surface area (Å²) < 4.78 is 44.2. The van der Waals surface area contributed by atoms with E-state index in [0.717, 1.165) is 12.1 Å². The van der Waals surface area contributed by atoms with Crippen molar-refractivity contribution in [1.29, 1.82) is 5.26 Å². The maximum absolute atomic E-state index is 12.0. The number of halogens is 3. The third-order valence-electron chi connectivity index (χ3n) is 2.04. The molecule has 0 saturated heterocycles. The Morgan fingerprint density at radius 1 is 1.35 bits per heavy atom. The minimum absolute atomic E-state index is 0.121. The van der Waals surface area contributed by atoms with Gasteiger partial charge < -0.3 is 9.47 Å². The van der Waals surface area contributed by atoms with Gasteiger partial charge in [0, 0.05) is 0 Å². The smallest absolute Gasteiger partial charge is 0.462 e. The molecule has 0 aliphatic carbocycles. The lowest BCUT2D eigenvalue weighted by atomic mass is 10.1. The zero-order chi connectivity index (χ0) is 15.2. The summed E-state index contributed by atoms with van der Waals surface area (Å²) >= 11 is 0. The lowest BCUT2D eigenvalue weighted by molar-refractivity contribution is -0.274. The van der Waals surface area contributed by atoms with Gasteiger partial charge in [0.1, 0.15) is 17.4 Å². The van der Waals surface area contributed by atoms with E-state index in [2.05, 4.69) is 9.47 Å². The van der Waals surface area contributed by atoms with Crippen molar-refractivity contribution in [2.45, 2.75) is 13.3 Å². The maximum Gasteiger partial charge on any atom is 0.573 e. The molecule has 0 radical (unpaired) electrons. The molecule has 1 aromatic carbocycles. The van der Waals surface area contributed by atoms with Gasteiger partial charge in [0.25, 0.3) is 0 Å². The van der Waals surface area contributed by atoms with Crippen LogP contribution in [0, 0.1) is 11.3 Å². The monoisotopic (exact) mass is 285 g/mol. The zero-order valence-electron chi connectivity index (χ0n) is 10.4. The van der Waals surface area contributed by atoms with Gasteiger partial charge in [0.2, 0.25) is 0 Å². The Hall–Kier alpha value is -2.49. The van der Waals surface area contributed by atoms with Crippen molar-refractivity contribution in [1.82, 2.24) is 0 Å². The molecule has 106 valence electrons. The molecule has 1 rings (SSSR count).